The normalized spacial score (nSPS) is 26.2. The van der Waals surface area contributed by atoms with Gasteiger partial charge in [0.05, 0.1) is 7.11 Å². The average Bonchev–Trinajstić information content (AvgIpc) is 2.86. The summed E-state index contributed by atoms with van der Waals surface area (Å²) in [4.78, 5) is 42.0. The second-order valence-corrected chi connectivity index (χ2v) is 12.4. The fourth-order valence-corrected chi connectivity index (χ4v) is 6.78. The maximum Gasteiger partial charge on any atom is 0.317 e. The van der Waals surface area contributed by atoms with E-state index in [0.29, 0.717) is 31.8 Å². The zero-order valence-corrected chi connectivity index (χ0v) is 23.3. The number of unbranched alkanes of at least 4 members (excludes halogenated alkanes) is 5. The van der Waals surface area contributed by atoms with Crippen LogP contribution in [0.2, 0.25) is 0 Å². The number of allylic oxidation sites excluding steroid dienone is 1. The van der Waals surface area contributed by atoms with Gasteiger partial charge in [0.15, 0.2) is 0 Å². The number of piperidine rings is 1. The van der Waals surface area contributed by atoms with E-state index in [9.17, 15) is 14.4 Å². The summed E-state index contributed by atoms with van der Waals surface area (Å²) in [6.07, 6.45) is 17.0. The number of nitrogens with zero attached hydrogens (tertiary/aromatic N) is 1. The van der Waals surface area contributed by atoms with Crippen LogP contribution in [0.25, 0.3) is 0 Å². The van der Waals surface area contributed by atoms with Gasteiger partial charge in [0.1, 0.15) is 5.41 Å². The minimum absolute atomic E-state index is 0.00172. The van der Waals surface area contributed by atoms with Crippen molar-refractivity contribution in [3.05, 3.63) is 11.8 Å². The van der Waals surface area contributed by atoms with E-state index in [-0.39, 0.29) is 29.6 Å². The van der Waals surface area contributed by atoms with Gasteiger partial charge in [0.2, 0.25) is 11.8 Å². The molecular weight excluding hydrogens is 452 g/mol. The molecule has 1 heterocycles. The molecule has 2 fully saturated rings. The number of rotatable bonds is 12. The van der Waals surface area contributed by atoms with E-state index in [1.807, 2.05) is 4.90 Å². The first kappa shape index (κ1) is 28.7. The molecule has 1 saturated heterocycles. The number of hydrogen-bond donors (Lipinski definition) is 1. The van der Waals surface area contributed by atoms with Crippen LogP contribution in [0.1, 0.15) is 117 Å². The van der Waals surface area contributed by atoms with E-state index in [0.717, 1.165) is 31.4 Å². The van der Waals surface area contributed by atoms with Gasteiger partial charge in [-0.3, -0.25) is 14.4 Å². The molecule has 0 radical (unpaired) electrons. The van der Waals surface area contributed by atoms with Gasteiger partial charge < -0.3 is 15.0 Å². The molecule has 3 aliphatic rings. The maximum absolute atomic E-state index is 13.8. The lowest BCUT2D eigenvalue weighted by molar-refractivity contribution is -0.162. The highest BCUT2D eigenvalue weighted by Crippen LogP contribution is 2.54. The Morgan fingerprint density at radius 3 is 2.47 bits per heavy atom. The van der Waals surface area contributed by atoms with Crippen molar-refractivity contribution in [3.63, 3.8) is 0 Å². The molecule has 0 spiro atoms. The number of carbonyl (C=O) groups excluding carboxylic acids is 3. The molecule has 0 aromatic carbocycles. The number of hydrogen-bond acceptors (Lipinski definition) is 4. The molecule has 1 N–H and O–H groups in total. The van der Waals surface area contributed by atoms with Crippen LogP contribution in [0, 0.1) is 22.7 Å². The van der Waals surface area contributed by atoms with Gasteiger partial charge in [-0.2, -0.15) is 0 Å². The van der Waals surface area contributed by atoms with Crippen molar-refractivity contribution in [2.75, 3.05) is 20.2 Å². The number of likely N-dealkylation sites (tertiary alicyclic amines) is 1. The quantitative estimate of drug-likeness (QED) is 0.257. The topological polar surface area (TPSA) is 75.7 Å². The van der Waals surface area contributed by atoms with E-state index < -0.39 is 11.3 Å². The molecule has 36 heavy (non-hydrogen) atoms. The molecule has 6 nitrogen and oxygen atoms in total. The molecule has 1 aliphatic heterocycles. The lowest BCUT2D eigenvalue weighted by Gasteiger charge is -2.51. The predicted octanol–water partition coefficient (Wildman–Crippen LogP) is 6.15. The summed E-state index contributed by atoms with van der Waals surface area (Å²) in [5.41, 5.74) is -0.107. The predicted molar refractivity (Wildman–Crippen MR) is 143 cm³/mol. The first-order valence-corrected chi connectivity index (χ1v) is 14.6. The van der Waals surface area contributed by atoms with Crippen molar-refractivity contribution in [3.8, 4) is 0 Å². The molecule has 0 bridgehead atoms. The standard InChI is InChI=1S/C30H50N2O4/c1-5-6-7-8-9-13-18-32-25-16-17-29(2,3)22-30(25,28(35)36-4)20-24(27(32)34)19-26(33)31-21-23-14-11-10-12-15-23/h16,23-24H,5-15,17-22H2,1-4H3,(H,31,33)/t24-,30-/m1/s1. The molecule has 1 saturated carbocycles. The molecule has 0 unspecified atom stereocenters. The highest BCUT2D eigenvalue weighted by molar-refractivity contribution is 5.92. The summed E-state index contributed by atoms with van der Waals surface area (Å²) < 4.78 is 5.36. The Morgan fingerprint density at radius 1 is 1.08 bits per heavy atom. The first-order chi connectivity index (χ1) is 17.2. The van der Waals surface area contributed by atoms with Gasteiger partial charge in [0.25, 0.3) is 0 Å². The van der Waals surface area contributed by atoms with Crippen LogP contribution in [0.5, 0.6) is 0 Å². The number of esters is 1. The average molecular weight is 503 g/mol. The molecule has 2 atom stereocenters. The Labute approximate surface area is 219 Å². The van der Waals surface area contributed by atoms with Gasteiger partial charge in [-0.25, -0.2) is 0 Å². The van der Waals surface area contributed by atoms with Crippen molar-refractivity contribution in [2.24, 2.45) is 22.7 Å². The molecule has 6 heteroatoms. The van der Waals surface area contributed by atoms with Crippen molar-refractivity contribution < 1.29 is 19.1 Å². The molecule has 3 rings (SSSR count). The summed E-state index contributed by atoms with van der Waals surface area (Å²) >= 11 is 0. The van der Waals surface area contributed by atoms with Crippen molar-refractivity contribution in [2.45, 2.75) is 117 Å². The minimum atomic E-state index is -0.860. The van der Waals surface area contributed by atoms with Crippen molar-refractivity contribution in [1.29, 1.82) is 0 Å². The second kappa shape index (κ2) is 13.1. The van der Waals surface area contributed by atoms with Crippen LogP contribution in [0.15, 0.2) is 11.8 Å². The molecule has 2 aliphatic carbocycles. The second-order valence-electron chi connectivity index (χ2n) is 12.4. The van der Waals surface area contributed by atoms with Gasteiger partial charge in [-0.1, -0.05) is 78.2 Å². The Bertz CT molecular complexity index is 799. The SMILES string of the molecule is CCCCCCCCN1C(=O)[C@H](CC(=O)NCC2CCCCC2)C[C@@]2(C(=O)OC)CC(C)(C)CC=C12. The summed E-state index contributed by atoms with van der Waals surface area (Å²) in [6.45, 7) is 7.86. The van der Waals surface area contributed by atoms with Crippen LogP contribution in [0.4, 0.5) is 0 Å². The third-order valence-corrected chi connectivity index (χ3v) is 8.68. The number of amides is 2. The number of methoxy groups -OCH3 is 1. The zero-order chi connectivity index (χ0) is 26.2. The molecular formula is C30H50N2O4. The molecule has 0 aromatic heterocycles. The number of nitrogens with one attached hydrogen (secondary N) is 1. The minimum Gasteiger partial charge on any atom is -0.468 e. The highest BCUT2D eigenvalue weighted by atomic mass is 16.5. The number of ether oxygens (including phenoxy) is 1. The van der Waals surface area contributed by atoms with Crippen molar-refractivity contribution >= 4 is 17.8 Å². The van der Waals surface area contributed by atoms with Crippen LogP contribution in [-0.4, -0.2) is 42.9 Å². The van der Waals surface area contributed by atoms with Gasteiger partial charge >= 0.3 is 5.97 Å². The third kappa shape index (κ3) is 7.13. The Balaban J connectivity index is 1.76. The van der Waals surface area contributed by atoms with E-state index >= 15 is 0 Å². The smallest absolute Gasteiger partial charge is 0.317 e. The largest absolute Gasteiger partial charge is 0.468 e. The highest BCUT2D eigenvalue weighted by Gasteiger charge is 2.57. The number of carbonyl (C=O) groups is 3. The lowest BCUT2D eigenvalue weighted by atomic mass is 9.59. The van der Waals surface area contributed by atoms with Gasteiger partial charge in [-0.15, -0.1) is 0 Å². The summed E-state index contributed by atoms with van der Waals surface area (Å²) in [5.74, 6) is -0.289. The van der Waals surface area contributed by atoms with E-state index in [2.05, 4.69) is 32.2 Å². The Hall–Kier alpha value is -1.85. The maximum atomic E-state index is 13.8. The fraction of sp³-hybridized carbons (Fsp3) is 0.833. The van der Waals surface area contributed by atoms with Gasteiger partial charge in [0, 0.05) is 31.1 Å². The van der Waals surface area contributed by atoms with E-state index in [1.54, 1.807) is 0 Å². The van der Waals surface area contributed by atoms with Crippen LogP contribution >= 0.6 is 0 Å². The van der Waals surface area contributed by atoms with Crippen molar-refractivity contribution in [1.82, 2.24) is 10.2 Å². The van der Waals surface area contributed by atoms with Crippen LogP contribution in [-0.2, 0) is 19.1 Å². The zero-order valence-electron chi connectivity index (χ0n) is 23.3. The lowest BCUT2D eigenvalue weighted by Crippen LogP contribution is -2.56. The van der Waals surface area contributed by atoms with Crippen LogP contribution < -0.4 is 5.32 Å². The fourth-order valence-electron chi connectivity index (χ4n) is 6.78. The van der Waals surface area contributed by atoms with E-state index in [4.69, 9.17) is 4.74 Å². The Morgan fingerprint density at radius 2 is 1.78 bits per heavy atom. The summed E-state index contributed by atoms with van der Waals surface area (Å²) in [6, 6.07) is 0. The van der Waals surface area contributed by atoms with Crippen LogP contribution in [0.3, 0.4) is 0 Å². The third-order valence-electron chi connectivity index (χ3n) is 8.68. The first-order valence-electron chi connectivity index (χ1n) is 14.6. The molecule has 2 amide bonds. The monoisotopic (exact) mass is 502 g/mol. The summed E-state index contributed by atoms with van der Waals surface area (Å²) in [7, 11) is 1.44. The van der Waals surface area contributed by atoms with Gasteiger partial charge in [-0.05, 0) is 49.9 Å². The molecule has 0 aromatic rings. The molecule has 204 valence electrons. The number of fused-ring (bicyclic) bond motifs is 1. The van der Waals surface area contributed by atoms with E-state index in [1.165, 1.54) is 58.5 Å². The summed E-state index contributed by atoms with van der Waals surface area (Å²) in [5, 5.41) is 3.11. The Kier molecular flexibility index (Phi) is 10.4.